The van der Waals surface area contributed by atoms with Gasteiger partial charge in [-0.3, -0.25) is 9.59 Å². The smallest absolute Gasteiger partial charge is 0.408 e. The van der Waals surface area contributed by atoms with Crippen LogP contribution in [0.1, 0.15) is 43.5 Å². The molecule has 0 aliphatic heterocycles. The Morgan fingerprint density at radius 2 is 1.71 bits per heavy atom. The highest BCUT2D eigenvalue weighted by molar-refractivity contribution is 7.80. The molecule has 2 N–H and O–H groups in total. The van der Waals surface area contributed by atoms with E-state index in [9.17, 15) is 19.6 Å². The van der Waals surface area contributed by atoms with Gasteiger partial charge in [-0.05, 0) is 38.8 Å². The topological polar surface area (TPSA) is 112 Å². The van der Waals surface area contributed by atoms with Crippen molar-refractivity contribution in [3.63, 3.8) is 0 Å². The maximum Gasteiger partial charge on any atom is 0.408 e. The number of alkyl carbamates (subject to hydrolysis) is 1. The minimum atomic E-state index is -1.10. The SMILES string of the molecule is Cc1ccc(C(C(=O)NCc2ccccc2)N(CC#N)C(=O)C(CS)NC(=O)OC(C)(C)C)cc1. The number of carbonyl (C=O) groups excluding carboxylic acids is 3. The van der Waals surface area contributed by atoms with E-state index in [4.69, 9.17) is 4.74 Å². The molecule has 35 heavy (non-hydrogen) atoms. The van der Waals surface area contributed by atoms with Gasteiger partial charge in [-0.15, -0.1) is 0 Å². The minimum Gasteiger partial charge on any atom is -0.444 e. The van der Waals surface area contributed by atoms with Crippen LogP contribution in [0.2, 0.25) is 0 Å². The molecule has 9 heteroatoms. The molecular formula is C26H32N4O4S. The maximum absolute atomic E-state index is 13.5. The first-order valence-corrected chi connectivity index (χ1v) is 11.8. The Bertz CT molecular complexity index is 1050. The molecule has 0 spiro atoms. The molecule has 0 aliphatic rings. The summed E-state index contributed by atoms with van der Waals surface area (Å²) in [6.45, 7) is 6.91. The number of carbonyl (C=O) groups is 3. The highest BCUT2D eigenvalue weighted by atomic mass is 32.1. The summed E-state index contributed by atoms with van der Waals surface area (Å²) in [5, 5.41) is 14.9. The Kier molecular flexibility index (Phi) is 10.2. The third-order valence-corrected chi connectivity index (χ3v) is 5.32. The standard InChI is InChI=1S/C26H32N4O4S/c1-18-10-12-20(13-11-18)22(23(31)28-16-19-8-6-5-7-9-19)30(15-14-27)24(32)21(17-35)29-25(33)34-26(2,3)4/h5-13,21-22,35H,15-17H2,1-4H3,(H,28,31)(H,29,33). The highest BCUT2D eigenvalue weighted by Crippen LogP contribution is 2.23. The van der Waals surface area contributed by atoms with Gasteiger partial charge >= 0.3 is 6.09 Å². The summed E-state index contributed by atoms with van der Waals surface area (Å²) in [7, 11) is 0. The van der Waals surface area contributed by atoms with Crippen LogP contribution < -0.4 is 10.6 Å². The van der Waals surface area contributed by atoms with E-state index in [1.165, 1.54) is 0 Å². The fourth-order valence-electron chi connectivity index (χ4n) is 3.31. The van der Waals surface area contributed by atoms with E-state index in [0.29, 0.717) is 5.56 Å². The second-order valence-electron chi connectivity index (χ2n) is 9.02. The number of rotatable bonds is 9. The first kappa shape index (κ1) is 27.7. The Balaban J connectivity index is 2.35. The van der Waals surface area contributed by atoms with Crippen LogP contribution in [0.4, 0.5) is 4.79 Å². The van der Waals surface area contributed by atoms with Gasteiger partial charge in [0.25, 0.3) is 0 Å². The van der Waals surface area contributed by atoms with E-state index in [-0.39, 0.29) is 18.8 Å². The summed E-state index contributed by atoms with van der Waals surface area (Å²) >= 11 is 4.21. The zero-order chi connectivity index (χ0) is 26.0. The number of nitriles is 1. The van der Waals surface area contributed by atoms with Crippen molar-refractivity contribution >= 4 is 30.5 Å². The van der Waals surface area contributed by atoms with E-state index in [1.807, 2.05) is 55.5 Å². The van der Waals surface area contributed by atoms with Gasteiger partial charge in [0.1, 0.15) is 24.2 Å². The number of nitrogens with one attached hydrogen (secondary N) is 2. The van der Waals surface area contributed by atoms with Crippen molar-refractivity contribution in [2.45, 2.75) is 51.9 Å². The van der Waals surface area contributed by atoms with E-state index >= 15 is 0 Å². The van der Waals surface area contributed by atoms with Crippen LogP contribution in [-0.2, 0) is 20.9 Å². The average Bonchev–Trinajstić information content (AvgIpc) is 2.81. The number of amides is 3. The van der Waals surface area contributed by atoms with Gasteiger partial charge < -0.3 is 20.3 Å². The molecule has 0 saturated heterocycles. The molecule has 3 amide bonds. The number of aryl methyl sites for hydroxylation is 1. The lowest BCUT2D eigenvalue weighted by Crippen LogP contribution is -2.53. The van der Waals surface area contributed by atoms with Gasteiger partial charge in [-0.1, -0.05) is 60.2 Å². The Morgan fingerprint density at radius 3 is 2.26 bits per heavy atom. The van der Waals surface area contributed by atoms with Crippen LogP contribution in [0, 0.1) is 18.3 Å². The van der Waals surface area contributed by atoms with Crippen LogP contribution in [0.15, 0.2) is 54.6 Å². The third-order valence-electron chi connectivity index (χ3n) is 4.96. The largest absolute Gasteiger partial charge is 0.444 e. The van der Waals surface area contributed by atoms with Gasteiger partial charge in [-0.25, -0.2) is 4.79 Å². The highest BCUT2D eigenvalue weighted by Gasteiger charge is 2.35. The Hall–Kier alpha value is -3.51. The molecule has 2 aromatic rings. The summed E-state index contributed by atoms with van der Waals surface area (Å²) in [6.07, 6.45) is -0.790. The third kappa shape index (κ3) is 8.65. The predicted molar refractivity (Wildman–Crippen MR) is 137 cm³/mol. The Labute approximate surface area is 212 Å². The van der Waals surface area contributed by atoms with Crippen molar-refractivity contribution in [1.82, 2.24) is 15.5 Å². The fraction of sp³-hybridized carbons (Fsp3) is 0.385. The number of hydrogen-bond acceptors (Lipinski definition) is 6. The molecule has 0 heterocycles. The van der Waals surface area contributed by atoms with Crippen LogP contribution >= 0.6 is 12.6 Å². The van der Waals surface area contributed by atoms with E-state index in [1.54, 1.807) is 32.9 Å². The number of nitrogens with zero attached hydrogens (tertiary/aromatic N) is 2. The lowest BCUT2D eigenvalue weighted by Gasteiger charge is -2.32. The summed E-state index contributed by atoms with van der Waals surface area (Å²) in [5.41, 5.74) is 1.65. The van der Waals surface area contributed by atoms with Gasteiger partial charge in [0.15, 0.2) is 0 Å². The number of benzene rings is 2. The van der Waals surface area contributed by atoms with Crippen molar-refractivity contribution < 1.29 is 19.1 Å². The summed E-state index contributed by atoms with van der Waals surface area (Å²) in [5.74, 6) is -1.11. The quantitative estimate of drug-likeness (QED) is 0.363. The minimum absolute atomic E-state index is 0.0493. The first-order chi connectivity index (χ1) is 16.6. The van der Waals surface area contributed by atoms with E-state index in [2.05, 4.69) is 23.3 Å². The summed E-state index contributed by atoms with van der Waals surface area (Å²) in [6, 6.07) is 16.3. The van der Waals surface area contributed by atoms with Crippen LogP contribution in [0.5, 0.6) is 0 Å². The van der Waals surface area contributed by atoms with Gasteiger partial charge in [-0.2, -0.15) is 17.9 Å². The Morgan fingerprint density at radius 1 is 1.09 bits per heavy atom. The molecule has 8 nitrogen and oxygen atoms in total. The number of thiol groups is 1. The van der Waals surface area contributed by atoms with Crippen molar-refractivity contribution in [1.29, 1.82) is 5.26 Å². The lowest BCUT2D eigenvalue weighted by atomic mass is 10.0. The van der Waals surface area contributed by atoms with E-state index in [0.717, 1.165) is 16.0 Å². The lowest BCUT2D eigenvalue weighted by molar-refractivity contribution is -0.141. The molecule has 0 fully saturated rings. The van der Waals surface area contributed by atoms with E-state index < -0.39 is 35.6 Å². The van der Waals surface area contributed by atoms with Crippen LogP contribution in [-0.4, -0.2) is 46.7 Å². The molecule has 0 aliphatic carbocycles. The molecule has 186 valence electrons. The van der Waals surface area contributed by atoms with Crippen molar-refractivity contribution in [3.8, 4) is 6.07 Å². The normalized spacial score (nSPS) is 12.6. The molecule has 2 aromatic carbocycles. The van der Waals surface area contributed by atoms with Gasteiger partial charge in [0.2, 0.25) is 11.8 Å². The van der Waals surface area contributed by atoms with Crippen molar-refractivity contribution in [2.75, 3.05) is 12.3 Å². The maximum atomic E-state index is 13.5. The molecule has 2 atom stereocenters. The zero-order valence-electron chi connectivity index (χ0n) is 20.4. The molecule has 0 saturated carbocycles. The molecule has 0 aromatic heterocycles. The van der Waals surface area contributed by atoms with Crippen LogP contribution in [0.25, 0.3) is 0 Å². The summed E-state index contributed by atoms with van der Waals surface area (Å²) in [4.78, 5) is 40.4. The average molecular weight is 497 g/mol. The molecule has 2 unspecified atom stereocenters. The second kappa shape index (κ2) is 12.8. The van der Waals surface area contributed by atoms with Gasteiger partial charge in [0.05, 0.1) is 6.07 Å². The first-order valence-electron chi connectivity index (χ1n) is 11.2. The summed E-state index contributed by atoms with van der Waals surface area (Å²) < 4.78 is 5.25. The van der Waals surface area contributed by atoms with Crippen molar-refractivity contribution in [3.05, 3.63) is 71.3 Å². The second-order valence-corrected chi connectivity index (χ2v) is 9.39. The predicted octanol–water partition coefficient (Wildman–Crippen LogP) is 3.53. The molecular weight excluding hydrogens is 464 g/mol. The monoisotopic (exact) mass is 496 g/mol. The molecule has 0 bridgehead atoms. The molecule has 2 rings (SSSR count). The van der Waals surface area contributed by atoms with Gasteiger partial charge in [0, 0.05) is 12.3 Å². The molecule has 0 radical (unpaired) electrons. The number of hydrogen-bond donors (Lipinski definition) is 3. The number of ether oxygens (including phenoxy) is 1. The fourth-order valence-corrected chi connectivity index (χ4v) is 3.56. The van der Waals surface area contributed by atoms with Crippen LogP contribution in [0.3, 0.4) is 0 Å². The van der Waals surface area contributed by atoms with Crippen molar-refractivity contribution in [2.24, 2.45) is 0 Å². The zero-order valence-corrected chi connectivity index (χ0v) is 21.3.